The Balaban J connectivity index is 3.07. The van der Waals surface area contributed by atoms with Crippen molar-refractivity contribution in [2.45, 2.75) is 25.1 Å². The third-order valence-electron chi connectivity index (χ3n) is 2.16. The van der Waals surface area contributed by atoms with Crippen molar-refractivity contribution in [3.8, 4) is 0 Å². The molecule has 0 aliphatic rings. The first-order valence-corrected chi connectivity index (χ1v) is 4.47. The molecule has 0 heterocycles. The lowest BCUT2D eigenvalue weighted by Gasteiger charge is -2.20. The number of rotatable bonds is 2. The molecule has 90 valence electrons. The van der Waals surface area contributed by atoms with Crippen molar-refractivity contribution in [2.24, 2.45) is 5.73 Å². The zero-order chi connectivity index (χ0) is 12.6. The summed E-state index contributed by atoms with van der Waals surface area (Å²) in [5.74, 6) is -4.83. The van der Waals surface area contributed by atoms with Gasteiger partial charge in [0.05, 0.1) is 0 Å². The maximum Gasteiger partial charge on any atom is 0.458 e. The van der Waals surface area contributed by atoms with Gasteiger partial charge in [-0.15, -0.1) is 0 Å². The summed E-state index contributed by atoms with van der Waals surface area (Å²) in [6.07, 6.45) is -5.58. The number of benzene rings is 1. The summed E-state index contributed by atoms with van der Waals surface area (Å²) < 4.78 is 61.7. The minimum Gasteiger partial charge on any atom is -0.324 e. The van der Waals surface area contributed by atoms with Crippen LogP contribution in [0.2, 0.25) is 0 Å². The van der Waals surface area contributed by atoms with Crippen LogP contribution < -0.4 is 5.73 Å². The van der Waals surface area contributed by atoms with Gasteiger partial charge in [0, 0.05) is 11.6 Å². The average molecular weight is 239 g/mol. The second-order valence-corrected chi connectivity index (χ2v) is 3.48. The molecule has 1 aromatic rings. The fourth-order valence-electron chi connectivity index (χ4n) is 1.16. The molecule has 1 nitrogen and oxygen atoms in total. The normalized spacial score (nSPS) is 14.9. The van der Waals surface area contributed by atoms with Gasteiger partial charge >= 0.3 is 12.1 Å². The molecule has 1 aromatic carbocycles. The Morgan fingerprint density at radius 2 is 1.44 bits per heavy atom. The summed E-state index contributed by atoms with van der Waals surface area (Å²) in [5, 5.41) is 0. The number of hydrogen-bond acceptors (Lipinski definition) is 1. The highest BCUT2D eigenvalue weighted by molar-refractivity contribution is 5.28. The van der Waals surface area contributed by atoms with Crippen molar-refractivity contribution in [3.63, 3.8) is 0 Å². The lowest BCUT2D eigenvalue weighted by atomic mass is 10.0. The second kappa shape index (κ2) is 4.01. The first-order valence-electron chi connectivity index (χ1n) is 4.47. The quantitative estimate of drug-likeness (QED) is 0.787. The van der Waals surface area contributed by atoms with Gasteiger partial charge in [-0.25, -0.2) is 0 Å². The fraction of sp³-hybridized carbons (Fsp3) is 0.400. The lowest BCUT2D eigenvalue weighted by molar-refractivity contribution is -0.289. The van der Waals surface area contributed by atoms with E-state index < -0.39 is 23.7 Å². The molecule has 0 aliphatic heterocycles. The summed E-state index contributed by atoms with van der Waals surface area (Å²) in [6, 6.07) is 3.41. The first-order chi connectivity index (χ1) is 7.16. The van der Waals surface area contributed by atoms with Crippen LogP contribution in [0.5, 0.6) is 0 Å². The Morgan fingerprint density at radius 3 is 1.75 bits per heavy atom. The fourth-order valence-corrected chi connectivity index (χ4v) is 1.16. The molecule has 2 N–H and O–H groups in total. The van der Waals surface area contributed by atoms with Gasteiger partial charge < -0.3 is 5.73 Å². The van der Waals surface area contributed by atoms with Gasteiger partial charge in [-0.2, -0.15) is 22.0 Å². The predicted octanol–water partition coefficient (Wildman–Crippen LogP) is 3.36. The number of alkyl halides is 5. The van der Waals surface area contributed by atoms with Gasteiger partial charge in [-0.1, -0.05) is 24.3 Å². The van der Waals surface area contributed by atoms with Crippen molar-refractivity contribution in [2.75, 3.05) is 0 Å². The van der Waals surface area contributed by atoms with E-state index in [1.54, 1.807) is 6.92 Å². The van der Waals surface area contributed by atoms with E-state index in [1.807, 2.05) is 0 Å². The van der Waals surface area contributed by atoms with E-state index in [0.717, 1.165) is 12.1 Å². The van der Waals surface area contributed by atoms with E-state index in [-0.39, 0.29) is 0 Å². The first kappa shape index (κ1) is 12.9. The molecule has 0 spiro atoms. The standard InChI is InChI=1S/C10H10F5N/c1-6(16)7-2-4-8(5-3-7)9(11,12)10(13,14)15/h2-6H,16H2,1H3. The molecule has 0 fully saturated rings. The van der Waals surface area contributed by atoms with Gasteiger partial charge in [0.15, 0.2) is 0 Å². The summed E-state index contributed by atoms with van der Waals surface area (Å²) in [5.41, 5.74) is 4.87. The molecule has 0 radical (unpaired) electrons. The van der Waals surface area contributed by atoms with E-state index in [0.29, 0.717) is 5.56 Å². The largest absolute Gasteiger partial charge is 0.458 e. The number of nitrogens with two attached hydrogens (primary N) is 1. The lowest BCUT2D eigenvalue weighted by Crippen LogP contribution is -2.33. The van der Waals surface area contributed by atoms with Crippen LogP contribution in [0.25, 0.3) is 0 Å². The third kappa shape index (κ3) is 2.32. The zero-order valence-electron chi connectivity index (χ0n) is 8.35. The Morgan fingerprint density at radius 1 is 1.00 bits per heavy atom. The van der Waals surface area contributed by atoms with Crippen LogP contribution in [0.3, 0.4) is 0 Å². The van der Waals surface area contributed by atoms with Gasteiger partial charge in [0.2, 0.25) is 0 Å². The van der Waals surface area contributed by atoms with Crippen molar-refractivity contribution >= 4 is 0 Å². The summed E-state index contributed by atoms with van der Waals surface area (Å²) in [6.45, 7) is 1.61. The molecular weight excluding hydrogens is 229 g/mol. The highest BCUT2D eigenvalue weighted by Crippen LogP contribution is 2.43. The molecule has 1 atom stereocenters. The van der Waals surface area contributed by atoms with E-state index in [2.05, 4.69) is 0 Å². The maximum atomic E-state index is 12.8. The number of hydrogen-bond donors (Lipinski definition) is 1. The number of halogens is 5. The Bertz CT molecular complexity index is 352. The Hall–Kier alpha value is -1.17. The highest BCUT2D eigenvalue weighted by Gasteiger charge is 2.58. The molecule has 16 heavy (non-hydrogen) atoms. The smallest absolute Gasteiger partial charge is 0.324 e. The van der Waals surface area contributed by atoms with Crippen molar-refractivity contribution < 1.29 is 22.0 Å². The molecule has 0 saturated carbocycles. The van der Waals surface area contributed by atoms with Crippen LogP contribution in [0.1, 0.15) is 24.1 Å². The topological polar surface area (TPSA) is 26.0 Å². The van der Waals surface area contributed by atoms with Gasteiger partial charge in [0.1, 0.15) is 0 Å². The minimum absolute atomic E-state index is 0.409. The zero-order valence-corrected chi connectivity index (χ0v) is 8.35. The van der Waals surface area contributed by atoms with E-state index in [4.69, 9.17) is 5.73 Å². The second-order valence-electron chi connectivity index (χ2n) is 3.48. The Labute approximate surface area is 89.1 Å². The van der Waals surface area contributed by atoms with Crippen LogP contribution in [-0.4, -0.2) is 6.18 Å². The minimum atomic E-state index is -5.58. The molecule has 6 heteroatoms. The van der Waals surface area contributed by atoms with Gasteiger partial charge in [-0.05, 0) is 12.5 Å². The SMILES string of the molecule is CC(N)c1ccc(C(F)(F)C(F)(F)F)cc1. The average Bonchev–Trinajstić information content (AvgIpc) is 2.16. The van der Waals surface area contributed by atoms with Crippen LogP contribution in [0.15, 0.2) is 24.3 Å². The predicted molar refractivity (Wildman–Crippen MR) is 49.0 cm³/mol. The molecular formula is C10H10F5N. The van der Waals surface area contributed by atoms with Crippen LogP contribution >= 0.6 is 0 Å². The molecule has 1 unspecified atom stereocenters. The third-order valence-corrected chi connectivity index (χ3v) is 2.16. The molecule has 1 rings (SSSR count). The van der Waals surface area contributed by atoms with Crippen LogP contribution in [0.4, 0.5) is 22.0 Å². The van der Waals surface area contributed by atoms with Crippen molar-refractivity contribution in [1.29, 1.82) is 0 Å². The van der Waals surface area contributed by atoms with Crippen LogP contribution in [-0.2, 0) is 5.92 Å². The van der Waals surface area contributed by atoms with E-state index >= 15 is 0 Å². The van der Waals surface area contributed by atoms with Crippen molar-refractivity contribution in [3.05, 3.63) is 35.4 Å². The molecule has 0 aliphatic carbocycles. The van der Waals surface area contributed by atoms with E-state index in [9.17, 15) is 22.0 Å². The summed E-state index contributed by atoms with van der Waals surface area (Å²) in [4.78, 5) is 0. The summed E-state index contributed by atoms with van der Waals surface area (Å²) >= 11 is 0. The van der Waals surface area contributed by atoms with Crippen molar-refractivity contribution in [1.82, 2.24) is 0 Å². The maximum absolute atomic E-state index is 12.8. The molecule has 0 amide bonds. The van der Waals surface area contributed by atoms with Gasteiger partial charge in [-0.3, -0.25) is 0 Å². The van der Waals surface area contributed by atoms with Gasteiger partial charge in [0.25, 0.3) is 0 Å². The summed E-state index contributed by atoms with van der Waals surface area (Å²) in [7, 11) is 0. The van der Waals surface area contributed by atoms with Crippen LogP contribution in [0, 0.1) is 0 Å². The highest BCUT2D eigenvalue weighted by atomic mass is 19.4. The monoisotopic (exact) mass is 239 g/mol. The molecule has 0 saturated heterocycles. The Kier molecular flexibility index (Phi) is 3.23. The van der Waals surface area contributed by atoms with E-state index in [1.165, 1.54) is 12.1 Å². The molecule has 0 bridgehead atoms. The molecule has 0 aromatic heterocycles.